The first-order valence-corrected chi connectivity index (χ1v) is 6.33. The van der Waals surface area contributed by atoms with Gasteiger partial charge in [0.25, 0.3) is 0 Å². The molecular weight excluding hydrogens is 263 g/mol. The Balaban J connectivity index is 2.68. The Bertz CT molecular complexity index is 387. The molecule has 0 unspecified atom stereocenters. The maximum atomic E-state index is 12.4. The maximum Gasteiger partial charge on any atom is 0.406 e. The van der Waals surface area contributed by atoms with Crippen molar-refractivity contribution in [3.8, 4) is 0 Å². The number of halogens is 3. The van der Waals surface area contributed by atoms with Gasteiger partial charge in [-0.1, -0.05) is 6.08 Å². The van der Waals surface area contributed by atoms with E-state index >= 15 is 0 Å². The first-order chi connectivity index (χ1) is 8.42. The molecule has 0 fully saturated rings. The highest BCUT2D eigenvalue weighted by atomic mass is 32.1. The van der Waals surface area contributed by atoms with Crippen molar-refractivity contribution in [2.75, 3.05) is 6.54 Å². The first kappa shape index (κ1) is 14.8. The van der Waals surface area contributed by atoms with Crippen LogP contribution in [0.25, 0.3) is 0 Å². The summed E-state index contributed by atoms with van der Waals surface area (Å²) in [6.45, 7) is 2.24. The van der Waals surface area contributed by atoms with Gasteiger partial charge < -0.3 is 4.90 Å². The molecule has 0 saturated carbocycles. The van der Waals surface area contributed by atoms with E-state index in [1.54, 1.807) is 16.8 Å². The van der Waals surface area contributed by atoms with Gasteiger partial charge in [-0.2, -0.15) is 24.5 Å². The van der Waals surface area contributed by atoms with Crippen LogP contribution in [0.1, 0.15) is 18.4 Å². The molecule has 1 aromatic rings. The van der Waals surface area contributed by atoms with Gasteiger partial charge in [0.2, 0.25) is 5.91 Å². The molecule has 6 heteroatoms. The fourth-order valence-corrected chi connectivity index (χ4v) is 2.10. The molecular formula is C12H14F3NOS. The number of nitrogens with zero attached hydrogens (tertiary/aromatic N) is 1. The van der Waals surface area contributed by atoms with Crippen molar-refractivity contribution in [1.82, 2.24) is 4.90 Å². The number of alkyl halides is 3. The van der Waals surface area contributed by atoms with Crippen LogP contribution in [0.3, 0.4) is 0 Å². The van der Waals surface area contributed by atoms with Crippen LogP contribution in [-0.4, -0.2) is 23.5 Å². The smallest absolute Gasteiger partial charge is 0.329 e. The van der Waals surface area contributed by atoms with E-state index in [9.17, 15) is 18.0 Å². The molecule has 0 aromatic carbocycles. The van der Waals surface area contributed by atoms with E-state index < -0.39 is 18.6 Å². The lowest BCUT2D eigenvalue weighted by molar-refractivity contribution is -0.162. The topological polar surface area (TPSA) is 20.3 Å². The largest absolute Gasteiger partial charge is 0.406 e. The first-order valence-electron chi connectivity index (χ1n) is 5.39. The van der Waals surface area contributed by atoms with Gasteiger partial charge in [0.15, 0.2) is 0 Å². The van der Waals surface area contributed by atoms with Gasteiger partial charge in [0.1, 0.15) is 6.54 Å². The van der Waals surface area contributed by atoms with Crippen LogP contribution < -0.4 is 0 Å². The van der Waals surface area contributed by atoms with Crippen LogP contribution in [0.15, 0.2) is 29.5 Å². The van der Waals surface area contributed by atoms with Gasteiger partial charge in [-0.15, -0.1) is 6.58 Å². The van der Waals surface area contributed by atoms with Crippen molar-refractivity contribution in [2.45, 2.75) is 25.6 Å². The highest BCUT2D eigenvalue weighted by Crippen LogP contribution is 2.20. The molecule has 100 valence electrons. The third-order valence-corrected chi connectivity index (χ3v) is 2.97. The Morgan fingerprint density at radius 2 is 2.22 bits per heavy atom. The van der Waals surface area contributed by atoms with Crippen molar-refractivity contribution in [2.24, 2.45) is 0 Å². The van der Waals surface area contributed by atoms with E-state index in [0.29, 0.717) is 6.42 Å². The standard InChI is InChI=1S/C12H14F3NOS/c1-2-3-4-11(17)16(9-12(13,14)15)7-10-5-6-18-8-10/h2,5-6,8H,1,3-4,7,9H2. The summed E-state index contributed by atoms with van der Waals surface area (Å²) < 4.78 is 37.2. The number of carbonyl (C=O) groups is 1. The molecule has 0 aliphatic heterocycles. The summed E-state index contributed by atoms with van der Waals surface area (Å²) in [5, 5.41) is 3.51. The second-order valence-electron chi connectivity index (χ2n) is 3.82. The van der Waals surface area contributed by atoms with E-state index in [0.717, 1.165) is 10.5 Å². The molecule has 0 saturated heterocycles. The average Bonchev–Trinajstić information content (AvgIpc) is 2.75. The number of allylic oxidation sites excluding steroid dienone is 1. The van der Waals surface area contributed by atoms with E-state index in [1.807, 2.05) is 0 Å². The molecule has 1 heterocycles. The number of rotatable bonds is 6. The van der Waals surface area contributed by atoms with Gasteiger partial charge in [-0.05, 0) is 28.8 Å². The fraction of sp³-hybridized carbons (Fsp3) is 0.417. The Labute approximate surface area is 108 Å². The van der Waals surface area contributed by atoms with Gasteiger partial charge in [0.05, 0.1) is 0 Å². The van der Waals surface area contributed by atoms with E-state index in [-0.39, 0.29) is 13.0 Å². The number of hydrogen-bond donors (Lipinski definition) is 0. The molecule has 2 nitrogen and oxygen atoms in total. The predicted octanol–water partition coefficient (Wildman–Crippen LogP) is 3.61. The van der Waals surface area contributed by atoms with Crippen molar-refractivity contribution >= 4 is 17.2 Å². The molecule has 1 aromatic heterocycles. The summed E-state index contributed by atoms with van der Waals surface area (Å²) >= 11 is 1.39. The lowest BCUT2D eigenvalue weighted by Gasteiger charge is -2.23. The summed E-state index contributed by atoms with van der Waals surface area (Å²) in [7, 11) is 0. The zero-order valence-corrected chi connectivity index (χ0v) is 10.6. The van der Waals surface area contributed by atoms with Crippen LogP contribution in [0, 0.1) is 0 Å². The van der Waals surface area contributed by atoms with Gasteiger partial charge in [-0.25, -0.2) is 0 Å². The summed E-state index contributed by atoms with van der Waals surface area (Å²) in [5.74, 6) is -0.501. The van der Waals surface area contributed by atoms with E-state index in [1.165, 1.54) is 17.4 Å². The van der Waals surface area contributed by atoms with E-state index in [4.69, 9.17) is 0 Å². The number of carbonyl (C=O) groups excluding carboxylic acids is 1. The molecule has 0 radical (unpaired) electrons. The van der Waals surface area contributed by atoms with Gasteiger partial charge in [0, 0.05) is 13.0 Å². The van der Waals surface area contributed by atoms with Gasteiger partial charge in [-0.3, -0.25) is 4.79 Å². The van der Waals surface area contributed by atoms with E-state index in [2.05, 4.69) is 6.58 Å². The normalized spacial score (nSPS) is 11.3. The van der Waals surface area contributed by atoms with Crippen LogP contribution in [0.2, 0.25) is 0 Å². The summed E-state index contributed by atoms with van der Waals surface area (Å²) in [4.78, 5) is 12.5. The predicted molar refractivity (Wildman–Crippen MR) is 65.2 cm³/mol. The van der Waals surface area contributed by atoms with Crippen LogP contribution >= 0.6 is 11.3 Å². The number of amides is 1. The molecule has 0 atom stereocenters. The van der Waals surface area contributed by atoms with Crippen molar-refractivity contribution < 1.29 is 18.0 Å². The summed E-state index contributed by atoms with van der Waals surface area (Å²) in [6.07, 6.45) is -2.41. The monoisotopic (exact) mass is 277 g/mol. The Morgan fingerprint density at radius 3 is 2.72 bits per heavy atom. The Kier molecular flexibility index (Phi) is 5.40. The van der Waals surface area contributed by atoms with Crippen molar-refractivity contribution in [3.05, 3.63) is 35.0 Å². The minimum atomic E-state index is -4.38. The van der Waals surface area contributed by atoms with Gasteiger partial charge >= 0.3 is 6.18 Å². The highest BCUT2D eigenvalue weighted by molar-refractivity contribution is 7.07. The minimum absolute atomic E-state index is 0.00101. The quantitative estimate of drug-likeness (QED) is 0.727. The Morgan fingerprint density at radius 1 is 1.50 bits per heavy atom. The number of thiophene rings is 1. The third kappa shape index (κ3) is 5.35. The molecule has 0 aliphatic rings. The molecule has 0 spiro atoms. The highest BCUT2D eigenvalue weighted by Gasteiger charge is 2.32. The lowest BCUT2D eigenvalue weighted by Crippen LogP contribution is -2.38. The Hall–Kier alpha value is -1.30. The van der Waals surface area contributed by atoms with Crippen molar-refractivity contribution in [3.63, 3.8) is 0 Å². The zero-order valence-electron chi connectivity index (χ0n) is 9.74. The summed E-state index contributed by atoms with van der Waals surface area (Å²) in [5.41, 5.74) is 0.719. The van der Waals surface area contributed by atoms with Crippen LogP contribution in [-0.2, 0) is 11.3 Å². The maximum absolute atomic E-state index is 12.4. The molecule has 0 aliphatic carbocycles. The molecule has 18 heavy (non-hydrogen) atoms. The van der Waals surface area contributed by atoms with Crippen LogP contribution in [0.4, 0.5) is 13.2 Å². The molecule has 0 N–H and O–H groups in total. The zero-order chi connectivity index (χ0) is 13.6. The lowest BCUT2D eigenvalue weighted by atomic mass is 10.2. The molecule has 1 rings (SSSR count). The second-order valence-corrected chi connectivity index (χ2v) is 4.60. The average molecular weight is 277 g/mol. The third-order valence-electron chi connectivity index (χ3n) is 2.24. The summed E-state index contributed by atoms with van der Waals surface area (Å²) in [6, 6.07) is 1.72. The van der Waals surface area contributed by atoms with Crippen LogP contribution in [0.5, 0.6) is 0 Å². The number of hydrogen-bond acceptors (Lipinski definition) is 2. The fourth-order valence-electron chi connectivity index (χ4n) is 1.44. The molecule has 0 bridgehead atoms. The minimum Gasteiger partial charge on any atom is -0.329 e. The SMILES string of the molecule is C=CCCC(=O)N(Cc1ccsc1)CC(F)(F)F. The second kappa shape index (κ2) is 6.58. The molecule has 1 amide bonds. The van der Waals surface area contributed by atoms with Crippen molar-refractivity contribution in [1.29, 1.82) is 0 Å².